The Labute approximate surface area is 139 Å². The van der Waals surface area contributed by atoms with Gasteiger partial charge < -0.3 is 20.1 Å². The normalized spacial score (nSPS) is 17.7. The molecule has 0 amide bonds. The van der Waals surface area contributed by atoms with Crippen LogP contribution >= 0.6 is 0 Å². The van der Waals surface area contributed by atoms with Crippen molar-refractivity contribution < 1.29 is 4.52 Å². The molecule has 6 nitrogen and oxygen atoms in total. The molecule has 2 N–H and O–H groups in total. The molecular weight excluding hydrogens is 290 g/mol. The molecule has 23 heavy (non-hydrogen) atoms. The molecule has 2 rings (SSSR count). The van der Waals surface area contributed by atoms with Crippen molar-refractivity contribution in [3.63, 3.8) is 0 Å². The molecule has 1 fully saturated rings. The zero-order valence-electron chi connectivity index (χ0n) is 14.9. The fraction of sp³-hybridized carbons (Fsp3) is 0.765. The van der Waals surface area contributed by atoms with Crippen molar-refractivity contribution in [1.82, 2.24) is 20.7 Å². The van der Waals surface area contributed by atoms with E-state index in [9.17, 15) is 0 Å². The molecule has 0 unspecified atom stereocenters. The summed E-state index contributed by atoms with van der Waals surface area (Å²) in [6.07, 6.45) is 3.22. The third kappa shape index (κ3) is 5.86. The Morgan fingerprint density at radius 2 is 2.17 bits per heavy atom. The van der Waals surface area contributed by atoms with Gasteiger partial charge in [-0.15, -0.1) is 0 Å². The number of aromatic nitrogens is 1. The first-order valence-corrected chi connectivity index (χ1v) is 8.74. The largest absolute Gasteiger partial charge is 0.359 e. The highest BCUT2D eigenvalue weighted by atomic mass is 16.5. The van der Waals surface area contributed by atoms with Gasteiger partial charge in [-0.2, -0.15) is 0 Å². The summed E-state index contributed by atoms with van der Waals surface area (Å²) in [6.45, 7) is 10.8. The van der Waals surface area contributed by atoms with Crippen molar-refractivity contribution in [2.24, 2.45) is 10.9 Å². The number of guanidine groups is 1. The lowest BCUT2D eigenvalue weighted by Crippen LogP contribution is -2.48. The first kappa shape index (κ1) is 17.8. The van der Waals surface area contributed by atoms with Crippen molar-refractivity contribution in [3.05, 3.63) is 17.5 Å². The number of hydrogen-bond acceptors (Lipinski definition) is 4. The molecule has 0 aromatic carbocycles. The quantitative estimate of drug-likeness (QED) is 0.620. The minimum Gasteiger partial charge on any atom is -0.359 e. The SMILES string of the molecule is CCc1cc(CNC(=NC)NC2CCN(CC(C)C)CC2)on1. The van der Waals surface area contributed by atoms with Crippen LogP contribution in [0.2, 0.25) is 0 Å². The summed E-state index contributed by atoms with van der Waals surface area (Å²) >= 11 is 0. The summed E-state index contributed by atoms with van der Waals surface area (Å²) in [5, 5.41) is 10.8. The van der Waals surface area contributed by atoms with Crippen LogP contribution in [0.5, 0.6) is 0 Å². The average Bonchev–Trinajstić information content (AvgIpc) is 3.00. The minimum absolute atomic E-state index is 0.491. The predicted molar refractivity (Wildman–Crippen MR) is 93.5 cm³/mol. The van der Waals surface area contributed by atoms with Crippen LogP contribution in [-0.2, 0) is 13.0 Å². The molecule has 1 aromatic rings. The molecule has 6 heteroatoms. The summed E-state index contributed by atoms with van der Waals surface area (Å²) in [7, 11) is 1.81. The van der Waals surface area contributed by atoms with Crippen molar-refractivity contribution in [2.75, 3.05) is 26.7 Å². The van der Waals surface area contributed by atoms with Gasteiger partial charge in [-0.25, -0.2) is 0 Å². The standard InChI is InChI=1S/C17H31N5O/c1-5-14-10-16(23-21-14)11-19-17(18-4)20-15-6-8-22(9-7-15)12-13(2)3/h10,13,15H,5-9,11-12H2,1-4H3,(H2,18,19,20). The van der Waals surface area contributed by atoms with E-state index in [1.165, 1.54) is 6.54 Å². The molecule has 0 bridgehead atoms. The molecule has 1 saturated heterocycles. The number of aryl methyl sites for hydroxylation is 1. The second kappa shape index (κ2) is 8.91. The number of hydrogen-bond donors (Lipinski definition) is 2. The zero-order valence-corrected chi connectivity index (χ0v) is 14.9. The molecular formula is C17H31N5O. The molecule has 2 heterocycles. The summed E-state index contributed by atoms with van der Waals surface area (Å²) in [6, 6.07) is 2.48. The Balaban J connectivity index is 1.73. The zero-order chi connectivity index (χ0) is 16.7. The first-order valence-electron chi connectivity index (χ1n) is 8.74. The van der Waals surface area contributed by atoms with E-state index in [0.717, 1.165) is 55.7 Å². The van der Waals surface area contributed by atoms with E-state index < -0.39 is 0 Å². The summed E-state index contributed by atoms with van der Waals surface area (Å²) in [4.78, 5) is 6.87. The highest BCUT2D eigenvalue weighted by Crippen LogP contribution is 2.12. The van der Waals surface area contributed by atoms with Crippen molar-refractivity contribution in [1.29, 1.82) is 0 Å². The number of nitrogens with one attached hydrogen (secondary N) is 2. The van der Waals surface area contributed by atoms with Gasteiger partial charge in [-0.3, -0.25) is 4.99 Å². The lowest BCUT2D eigenvalue weighted by Gasteiger charge is -2.33. The molecule has 1 aliphatic rings. The summed E-state index contributed by atoms with van der Waals surface area (Å²) < 4.78 is 5.29. The van der Waals surface area contributed by atoms with E-state index >= 15 is 0 Å². The third-order valence-corrected chi connectivity index (χ3v) is 4.18. The number of aliphatic imine (C=N–C) groups is 1. The smallest absolute Gasteiger partial charge is 0.191 e. The Kier molecular flexibility index (Phi) is 6.89. The van der Waals surface area contributed by atoms with Crippen LogP contribution < -0.4 is 10.6 Å². The number of nitrogens with zero attached hydrogens (tertiary/aromatic N) is 3. The number of piperidine rings is 1. The second-order valence-electron chi connectivity index (χ2n) is 6.68. The topological polar surface area (TPSA) is 65.7 Å². The molecule has 130 valence electrons. The van der Waals surface area contributed by atoms with E-state index in [4.69, 9.17) is 4.52 Å². The molecule has 0 saturated carbocycles. The first-order chi connectivity index (χ1) is 11.1. The Morgan fingerprint density at radius 1 is 1.43 bits per heavy atom. The van der Waals surface area contributed by atoms with E-state index in [2.05, 4.69) is 46.5 Å². The predicted octanol–water partition coefficient (Wildman–Crippen LogP) is 2.02. The van der Waals surface area contributed by atoms with E-state index in [-0.39, 0.29) is 0 Å². The summed E-state index contributed by atoms with van der Waals surface area (Å²) in [5.41, 5.74) is 0.988. The van der Waals surface area contributed by atoms with Crippen LogP contribution in [0.15, 0.2) is 15.6 Å². The summed E-state index contributed by atoms with van der Waals surface area (Å²) in [5.74, 6) is 2.42. The monoisotopic (exact) mass is 321 g/mol. The van der Waals surface area contributed by atoms with E-state index in [1.54, 1.807) is 7.05 Å². The Bertz CT molecular complexity index is 489. The molecule has 1 aliphatic heterocycles. The van der Waals surface area contributed by atoms with Gasteiger partial charge in [0.25, 0.3) is 0 Å². The maximum absolute atomic E-state index is 5.29. The van der Waals surface area contributed by atoms with Gasteiger partial charge in [-0.1, -0.05) is 25.9 Å². The van der Waals surface area contributed by atoms with Crippen molar-refractivity contribution in [3.8, 4) is 0 Å². The van der Waals surface area contributed by atoms with Gasteiger partial charge in [-0.05, 0) is 25.2 Å². The Morgan fingerprint density at radius 3 is 2.74 bits per heavy atom. The fourth-order valence-electron chi connectivity index (χ4n) is 2.94. The maximum Gasteiger partial charge on any atom is 0.191 e. The van der Waals surface area contributed by atoms with Crippen molar-refractivity contribution in [2.45, 2.75) is 52.6 Å². The lowest BCUT2D eigenvalue weighted by atomic mass is 10.0. The van der Waals surface area contributed by atoms with Crippen LogP contribution in [-0.4, -0.2) is 48.7 Å². The lowest BCUT2D eigenvalue weighted by molar-refractivity contribution is 0.187. The maximum atomic E-state index is 5.29. The van der Waals surface area contributed by atoms with Gasteiger partial charge >= 0.3 is 0 Å². The molecule has 0 radical (unpaired) electrons. The van der Waals surface area contributed by atoms with Gasteiger partial charge in [0.2, 0.25) is 0 Å². The third-order valence-electron chi connectivity index (χ3n) is 4.18. The second-order valence-corrected chi connectivity index (χ2v) is 6.68. The van der Waals surface area contributed by atoms with Gasteiger partial charge in [0.1, 0.15) is 0 Å². The van der Waals surface area contributed by atoms with E-state index in [1.807, 2.05) is 6.07 Å². The fourth-order valence-corrected chi connectivity index (χ4v) is 2.94. The highest BCUT2D eigenvalue weighted by Gasteiger charge is 2.20. The van der Waals surface area contributed by atoms with Crippen LogP contribution in [0, 0.1) is 5.92 Å². The van der Waals surface area contributed by atoms with E-state index in [0.29, 0.717) is 12.6 Å². The van der Waals surface area contributed by atoms with Crippen LogP contribution in [0.4, 0.5) is 0 Å². The minimum atomic E-state index is 0.491. The number of likely N-dealkylation sites (tertiary alicyclic amines) is 1. The van der Waals surface area contributed by atoms with Crippen molar-refractivity contribution >= 4 is 5.96 Å². The van der Waals surface area contributed by atoms with Gasteiger partial charge in [0, 0.05) is 38.8 Å². The average molecular weight is 321 g/mol. The van der Waals surface area contributed by atoms with Gasteiger partial charge in [0.15, 0.2) is 11.7 Å². The van der Waals surface area contributed by atoms with Gasteiger partial charge in [0.05, 0.1) is 12.2 Å². The molecule has 0 aliphatic carbocycles. The molecule has 1 aromatic heterocycles. The van der Waals surface area contributed by atoms with Crippen LogP contribution in [0.3, 0.4) is 0 Å². The number of rotatable bonds is 6. The highest BCUT2D eigenvalue weighted by molar-refractivity contribution is 5.79. The Hall–Kier alpha value is -1.56. The molecule has 0 atom stereocenters. The van der Waals surface area contributed by atoms with Crippen LogP contribution in [0.1, 0.15) is 45.1 Å². The molecule has 0 spiro atoms. The van der Waals surface area contributed by atoms with Crippen LogP contribution in [0.25, 0.3) is 0 Å².